The summed E-state index contributed by atoms with van der Waals surface area (Å²) in [4.78, 5) is 26.5. The number of rotatable bonds is 6. The van der Waals surface area contributed by atoms with E-state index in [4.69, 9.17) is 0 Å². The molecule has 1 heterocycles. The normalized spacial score (nSPS) is 18.0. The van der Waals surface area contributed by atoms with Crippen molar-refractivity contribution in [2.24, 2.45) is 0 Å². The fourth-order valence-corrected chi connectivity index (χ4v) is 4.08. The smallest absolute Gasteiger partial charge is 0.251 e. The van der Waals surface area contributed by atoms with Crippen LogP contribution in [0.3, 0.4) is 0 Å². The number of carbonyl (C=O) groups is 2. The summed E-state index contributed by atoms with van der Waals surface area (Å²) in [5.74, 6) is 0.595. The van der Waals surface area contributed by atoms with Crippen molar-refractivity contribution in [3.05, 3.63) is 71.3 Å². The van der Waals surface area contributed by atoms with Crippen LogP contribution in [0.25, 0.3) is 0 Å². The van der Waals surface area contributed by atoms with Gasteiger partial charge in [-0.15, -0.1) is 11.8 Å². The van der Waals surface area contributed by atoms with Crippen molar-refractivity contribution in [1.82, 2.24) is 10.2 Å². The molecule has 2 amide bonds. The molecule has 1 saturated heterocycles. The highest BCUT2D eigenvalue weighted by molar-refractivity contribution is 8.00. The number of hydrogen-bond donors (Lipinski definition) is 1. The molecule has 26 heavy (non-hydrogen) atoms. The topological polar surface area (TPSA) is 49.4 Å². The lowest BCUT2D eigenvalue weighted by Crippen LogP contribution is -2.32. The van der Waals surface area contributed by atoms with Crippen LogP contribution in [-0.4, -0.2) is 28.5 Å². The Morgan fingerprint density at radius 2 is 1.88 bits per heavy atom. The molecular weight excluding hydrogens is 344 g/mol. The number of carbonyl (C=O) groups excluding carboxylic acids is 2. The van der Waals surface area contributed by atoms with Crippen LogP contribution in [0.2, 0.25) is 0 Å². The van der Waals surface area contributed by atoms with Crippen LogP contribution in [0.5, 0.6) is 0 Å². The SMILES string of the molecule is CC[C@@H](C)NC(=O)c1ccc([C@H]2SCC(=O)N2Cc2ccccc2)cc1. The van der Waals surface area contributed by atoms with E-state index in [1.807, 2.05) is 73.3 Å². The Kier molecular flexibility index (Phi) is 5.99. The molecule has 136 valence electrons. The van der Waals surface area contributed by atoms with E-state index in [9.17, 15) is 9.59 Å². The lowest BCUT2D eigenvalue weighted by atomic mass is 10.1. The van der Waals surface area contributed by atoms with Gasteiger partial charge in [-0.1, -0.05) is 49.4 Å². The lowest BCUT2D eigenvalue weighted by molar-refractivity contribution is -0.128. The summed E-state index contributed by atoms with van der Waals surface area (Å²) >= 11 is 1.64. The fourth-order valence-electron chi connectivity index (χ4n) is 2.89. The predicted octanol–water partition coefficient (Wildman–Crippen LogP) is 3.99. The zero-order chi connectivity index (χ0) is 18.5. The third-order valence-corrected chi connectivity index (χ3v) is 5.87. The summed E-state index contributed by atoms with van der Waals surface area (Å²) in [6.45, 7) is 4.64. The van der Waals surface area contributed by atoms with Gasteiger partial charge in [-0.3, -0.25) is 9.59 Å². The lowest BCUT2D eigenvalue weighted by Gasteiger charge is -2.24. The first-order chi connectivity index (χ1) is 12.6. The predicted molar refractivity (Wildman–Crippen MR) is 106 cm³/mol. The third-order valence-electron chi connectivity index (χ3n) is 4.61. The summed E-state index contributed by atoms with van der Waals surface area (Å²) in [7, 11) is 0. The number of nitrogens with one attached hydrogen (secondary N) is 1. The molecule has 1 fully saturated rings. The highest BCUT2D eigenvalue weighted by atomic mass is 32.2. The molecule has 2 aromatic carbocycles. The average molecular weight is 369 g/mol. The van der Waals surface area contributed by atoms with Crippen molar-refractivity contribution in [2.75, 3.05) is 5.75 Å². The number of amides is 2. The minimum absolute atomic E-state index is 0.00520. The summed E-state index contributed by atoms with van der Waals surface area (Å²) in [5.41, 5.74) is 2.83. The van der Waals surface area contributed by atoms with E-state index in [0.717, 1.165) is 17.5 Å². The van der Waals surface area contributed by atoms with Gasteiger partial charge in [0.2, 0.25) is 5.91 Å². The molecule has 0 bridgehead atoms. The fraction of sp³-hybridized carbons (Fsp3) is 0.333. The molecule has 5 heteroatoms. The second-order valence-corrected chi connectivity index (χ2v) is 7.64. The van der Waals surface area contributed by atoms with Crippen LogP contribution in [-0.2, 0) is 11.3 Å². The minimum atomic E-state index is -0.0535. The quantitative estimate of drug-likeness (QED) is 0.839. The molecule has 2 aromatic rings. The number of benzene rings is 2. The maximum Gasteiger partial charge on any atom is 0.251 e. The summed E-state index contributed by atoms with van der Waals surface area (Å²) in [6.07, 6.45) is 0.902. The molecule has 0 spiro atoms. The van der Waals surface area contributed by atoms with Crippen molar-refractivity contribution >= 4 is 23.6 Å². The molecule has 0 radical (unpaired) electrons. The van der Waals surface area contributed by atoms with Crippen molar-refractivity contribution < 1.29 is 9.59 Å². The zero-order valence-electron chi connectivity index (χ0n) is 15.1. The Balaban J connectivity index is 1.73. The molecule has 0 aliphatic carbocycles. The van der Waals surface area contributed by atoms with E-state index in [-0.39, 0.29) is 23.2 Å². The third kappa shape index (κ3) is 4.28. The van der Waals surface area contributed by atoms with E-state index in [1.54, 1.807) is 11.8 Å². The second kappa shape index (κ2) is 8.41. The molecule has 2 atom stereocenters. The van der Waals surface area contributed by atoms with Crippen molar-refractivity contribution in [1.29, 1.82) is 0 Å². The summed E-state index contributed by atoms with van der Waals surface area (Å²) < 4.78 is 0. The van der Waals surface area contributed by atoms with Crippen LogP contribution in [0.15, 0.2) is 54.6 Å². The van der Waals surface area contributed by atoms with Gasteiger partial charge in [0.1, 0.15) is 5.37 Å². The molecule has 0 unspecified atom stereocenters. The second-order valence-electron chi connectivity index (χ2n) is 6.58. The Morgan fingerprint density at radius 1 is 1.19 bits per heavy atom. The van der Waals surface area contributed by atoms with Gasteiger partial charge in [0.05, 0.1) is 5.75 Å². The standard InChI is InChI=1S/C21H24N2O2S/c1-3-15(2)22-20(25)17-9-11-18(12-10-17)21-23(19(24)14-26-21)13-16-7-5-4-6-8-16/h4-12,15,21H,3,13-14H2,1-2H3,(H,22,25)/t15-,21-/m1/s1. The molecule has 1 aliphatic rings. The largest absolute Gasteiger partial charge is 0.350 e. The van der Waals surface area contributed by atoms with Gasteiger partial charge < -0.3 is 10.2 Å². The van der Waals surface area contributed by atoms with Gasteiger partial charge >= 0.3 is 0 Å². The van der Waals surface area contributed by atoms with Gasteiger partial charge in [0.15, 0.2) is 0 Å². The van der Waals surface area contributed by atoms with Crippen molar-refractivity contribution in [3.8, 4) is 0 Å². The number of thioether (sulfide) groups is 1. The van der Waals surface area contributed by atoms with E-state index < -0.39 is 0 Å². The molecule has 0 saturated carbocycles. The minimum Gasteiger partial charge on any atom is -0.350 e. The molecular formula is C21H24N2O2S. The monoisotopic (exact) mass is 368 g/mol. The summed E-state index contributed by atoms with van der Waals surface area (Å²) in [5, 5.41) is 2.97. The molecule has 4 nitrogen and oxygen atoms in total. The Labute approximate surface area is 159 Å². The Morgan fingerprint density at radius 3 is 2.54 bits per heavy atom. The molecule has 3 rings (SSSR count). The first-order valence-electron chi connectivity index (χ1n) is 8.94. The van der Waals surface area contributed by atoms with Crippen LogP contribution >= 0.6 is 11.8 Å². The van der Waals surface area contributed by atoms with Gasteiger partial charge in [-0.2, -0.15) is 0 Å². The Bertz CT molecular complexity index is 761. The first kappa shape index (κ1) is 18.5. The Hall–Kier alpha value is -2.27. The van der Waals surface area contributed by atoms with E-state index in [2.05, 4.69) is 5.32 Å². The van der Waals surface area contributed by atoms with Gasteiger partial charge in [-0.05, 0) is 36.6 Å². The molecule has 1 aliphatic heterocycles. The van der Waals surface area contributed by atoms with Crippen LogP contribution in [0.4, 0.5) is 0 Å². The van der Waals surface area contributed by atoms with Gasteiger partial charge in [0, 0.05) is 18.2 Å². The number of nitrogens with zero attached hydrogens (tertiary/aromatic N) is 1. The van der Waals surface area contributed by atoms with Gasteiger partial charge in [0.25, 0.3) is 5.91 Å². The van der Waals surface area contributed by atoms with Crippen LogP contribution in [0, 0.1) is 0 Å². The maximum absolute atomic E-state index is 12.3. The van der Waals surface area contributed by atoms with Crippen LogP contribution < -0.4 is 5.32 Å². The average Bonchev–Trinajstić information content (AvgIpc) is 3.03. The van der Waals surface area contributed by atoms with Crippen molar-refractivity contribution in [3.63, 3.8) is 0 Å². The molecule has 1 N–H and O–H groups in total. The van der Waals surface area contributed by atoms with Crippen LogP contribution in [0.1, 0.15) is 47.1 Å². The van der Waals surface area contributed by atoms with Gasteiger partial charge in [-0.25, -0.2) is 0 Å². The zero-order valence-corrected chi connectivity index (χ0v) is 16.0. The number of hydrogen-bond acceptors (Lipinski definition) is 3. The highest BCUT2D eigenvalue weighted by Gasteiger charge is 2.32. The van der Waals surface area contributed by atoms with E-state index in [0.29, 0.717) is 17.9 Å². The summed E-state index contributed by atoms with van der Waals surface area (Å²) in [6, 6.07) is 17.8. The first-order valence-corrected chi connectivity index (χ1v) is 9.99. The molecule has 0 aromatic heterocycles. The van der Waals surface area contributed by atoms with Crippen molar-refractivity contribution in [2.45, 2.75) is 38.2 Å². The van der Waals surface area contributed by atoms with E-state index in [1.165, 1.54) is 0 Å². The van der Waals surface area contributed by atoms with E-state index >= 15 is 0 Å². The maximum atomic E-state index is 12.3. The highest BCUT2D eigenvalue weighted by Crippen LogP contribution is 2.39.